The van der Waals surface area contributed by atoms with Gasteiger partial charge >= 0.3 is 5.97 Å². The predicted octanol–water partition coefficient (Wildman–Crippen LogP) is 3.55. The van der Waals surface area contributed by atoms with Crippen LogP contribution in [-0.4, -0.2) is 33.6 Å². The van der Waals surface area contributed by atoms with E-state index in [0.29, 0.717) is 5.56 Å². The molecule has 0 aliphatic carbocycles. The number of para-hydroxylation sites is 2. The van der Waals surface area contributed by atoms with Crippen LogP contribution in [-0.2, 0) is 6.67 Å². The van der Waals surface area contributed by atoms with Crippen molar-refractivity contribution < 1.29 is 9.90 Å². The number of aromatic carboxylic acids is 1. The third-order valence-corrected chi connectivity index (χ3v) is 4.56. The highest BCUT2D eigenvalue weighted by Gasteiger charge is 2.19. The summed E-state index contributed by atoms with van der Waals surface area (Å²) in [6.45, 7) is 2.93. The van der Waals surface area contributed by atoms with Gasteiger partial charge in [0.25, 0.3) is 0 Å². The van der Waals surface area contributed by atoms with Gasteiger partial charge in [-0.05, 0) is 38.1 Å². The fourth-order valence-electron chi connectivity index (χ4n) is 3.55. The molecule has 0 amide bonds. The van der Waals surface area contributed by atoms with Crippen molar-refractivity contribution in [3.8, 4) is 0 Å². The first-order valence-corrected chi connectivity index (χ1v) is 7.71. The highest BCUT2D eigenvalue weighted by Crippen LogP contribution is 2.31. The SMILES string of the molecule is O=C(O)c1cccc2c3ccccc3n(CN3CCCC3)c12. The van der Waals surface area contributed by atoms with Gasteiger partial charge in [-0.3, -0.25) is 4.90 Å². The lowest BCUT2D eigenvalue weighted by Gasteiger charge is -2.18. The van der Waals surface area contributed by atoms with E-state index in [1.54, 1.807) is 6.07 Å². The number of hydrogen-bond acceptors (Lipinski definition) is 2. The summed E-state index contributed by atoms with van der Waals surface area (Å²) in [5.41, 5.74) is 2.33. The standard InChI is InChI=1S/C18H18N2O2/c21-18(22)15-8-5-7-14-13-6-1-2-9-16(13)20(17(14)15)12-19-10-3-4-11-19/h1-2,5-9H,3-4,10-12H2,(H,21,22). The molecule has 0 unspecified atom stereocenters. The third kappa shape index (κ3) is 1.99. The van der Waals surface area contributed by atoms with Crippen LogP contribution in [0.5, 0.6) is 0 Å². The van der Waals surface area contributed by atoms with E-state index in [4.69, 9.17) is 0 Å². The lowest BCUT2D eigenvalue weighted by molar-refractivity contribution is 0.0698. The van der Waals surface area contributed by atoms with Crippen molar-refractivity contribution in [1.29, 1.82) is 0 Å². The molecule has 1 aromatic heterocycles. The Hall–Kier alpha value is -2.33. The first kappa shape index (κ1) is 13.3. The molecule has 0 radical (unpaired) electrons. The van der Waals surface area contributed by atoms with Gasteiger partial charge in [0.05, 0.1) is 23.3 Å². The Labute approximate surface area is 128 Å². The summed E-state index contributed by atoms with van der Waals surface area (Å²) in [4.78, 5) is 14.0. The third-order valence-electron chi connectivity index (χ3n) is 4.56. The summed E-state index contributed by atoms with van der Waals surface area (Å²) in [5, 5.41) is 11.7. The Morgan fingerprint density at radius 3 is 2.50 bits per heavy atom. The van der Waals surface area contributed by atoms with E-state index in [1.807, 2.05) is 24.3 Å². The number of likely N-dealkylation sites (tertiary alicyclic amines) is 1. The molecule has 3 aromatic rings. The lowest BCUT2D eigenvalue weighted by atomic mass is 10.1. The summed E-state index contributed by atoms with van der Waals surface area (Å²) in [5.74, 6) is -0.865. The molecule has 0 saturated carbocycles. The molecule has 1 saturated heterocycles. The summed E-state index contributed by atoms with van der Waals surface area (Å²) in [7, 11) is 0. The van der Waals surface area contributed by atoms with Gasteiger partial charge in [0.2, 0.25) is 0 Å². The smallest absolute Gasteiger partial charge is 0.337 e. The van der Waals surface area contributed by atoms with Crippen LogP contribution in [0.25, 0.3) is 21.8 Å². The molecule has 1 aliphatic rings. The predicted molar refractivity (Wildman–Crippen MR) is 87.2 cm³/mol. The van der Waals surface area contributed by atoms with Crippen molar-refractivity contribution >= 4 is 27.8 Å². The number of nitrogens with zero attached hydrogens (tertiary/aromatic N) is 2. The van der Waals surface area contributed by atoms with Crippen LogP contribution in [0.15, 0.2) is 42.5 Å². The Balaban J connectivity index is 2.02. The minimum absolute atomic E-state index is 0.382. The van der Waals surface area contributed by atoms with E-state index in [1.165, 1.54) is 12.8 Å². The minimum atomic E-state index is -0.865. The lowest BCUT2D eigenvalue weighted by Crippen LogP contribution is -2.23. The maximum Gasteiger partial charge on any atom is 0.337 e. The van der Waals surface area contributed by atoms with Crippen LogP contribution in [0.1, 0.15) is 23.2 Å². The van der Waals surface area contributed by atoms with E-state index in [0.717, 1.165) is 41.6 Å². The molecule has 22 heavy (non-hydrogen) atoms. The van der Waals surface area contributed by atoms with Crippen LogP contribution >= 0.6 is 0 Å². The number of hydrogen-bond donors (Lipinski definition) is 1. The monoisotopic (exact) mass is 294 g/mol. The van der Waals surface area contributed by atoms with E-state index in [2.05, 4.69) is 21.6 Å². The fourth-order valence-corrected chi connectivity index (χ4v) is 3.55. The van der Waals surface area contributed by atoms with Crippen molar-refractivity contribution in [2.45, 2.75) is 19.5 Å². The van der Waals surface area contributed by atoms with Gasteiger partial charge in [-0.2, -0.15) is 0 Å². The Morgan fingerprint density at radius 1 is 1.00 bits per heavy atom. The van der Waals surface area contributed by atoms with Crippen LogP contribution in [0, 0.1) is 0 Å². The summed E-state index contributed by atoms with van der Waals surface area (Å²) in [6.07, 6.45) is 2.45. The first-order chi connectivity index (χ1) is 10.8. The number of aromatic nitrogens is 1. The number of carboxylic acid groups (broad SMARTS) is 1. The van der Waals surface area contributed by atoms with Crippen LogP contribution in [0.4, 0.5) is 0 Å². The molecule has 1 aliphatic heterocycles. The van der Waals surface area contributed by atoms with Crippen LogP contribution in [0.2, 0.25) is 0 Å². The number of carbonyl (C=O) groups is 1. The second-order valence-corrected chi connectivity index (χ2v) is 5.92. The number of carboxylic acids is 1. The van der Waals surface area contributed by atoms with E-state index in [9.17, 15) is 9.90 Å². The van der Waals surface area contributed by atoms with Gasteiger partial charge in [0, 0.05) is 10.8 Å². The van der Waals surface area contributed by atoms with E-state index < -0.39 is 5.97 Å². The van der Waals surface area contributed by atoms with Crippen LogP contribution < -0.4 is 0 Å². The summed E-state index contributed by atoms with van der Waals surface area (Å²) in [6, 6.07) is 13.7. The molecule has 2 heterocycles. The maximum atomic E-state index is 11.7. The first-order valence-electron chi connectivity index (χ1n) is 7.71. The average molecular weight is 294 g/mol. The van der Waals surface area contributed by atoms with Gasteiger partial charge in [-0.25, -0.2) is 4.79 Å². The van der Waals surface area contributed by atoms with Crippen molar-refractivity contribution in [2.24, 2.45) is 0 Å². The fraction of sp³-hybridized carbons (Fsp3) is 0.278. The largest absolute Gasteiger partial charge is 0.478 e. The topological polar surface area (TPSA) is 45.5 Å². The van der Waals surface area contributed by atoms with Crippen molar-refractivity contribution in [3.63, 3.8) is 0 Å². The zero-order valence-electron chi connectivity index (χ0n) is 12.3. The Kier molecular flexibility index (Phi) is 3.12. The quantitative estimate of drug-likeness (QED) is 0.803. The minimum Gasteiger partial charge on any atom is -0.478 e. The van der Waals surface area contributed by atoms with E-state index >= 15 is 0 Å². The summed E-state index contributed by atoms with van der Waals surface area (Å²) >= 11 is 0. The highest BCUT2D eigenvalue weighted by molar-refractivity contribution is 6.14. The zero-order valence-corrected chi connectivity index (χ0v) is 12.3. The Morgan fingerprint density at radius 2 is 1.73 bits per heavy atom. The zero-order chi connectivity index (χ0) is 15.1. The molecular formula is C18H18N2O2. The molecular weight excluding hydrogens is 276 g/mol. The molecule has 4 rings (SSSR count). The number of fused-ring (bicyclic) bond motifs is 3. The van der Waals surface area contributed by atoms with Crippen molar-refractivity contribution in [1.82, 2.24) is 9.47 Å². The molecule has 0 spiro atoms. The second kappa shape index (κ2) is 5.14. The number of rotatable bonds is 3. The normalized spacial score (nSPS) is 15.8. The molecule has 0 bridgehead atoms. The molecule has 112 valence electrons. The summed E-state index contributed by atoms with van der Waals surface area (Å²) < 4.78 is 2.17. The molecule has 1 fully saturated rings. The molecule has 1 N–H and O–H groups in total. The number of benzene rings is 2. The Bertz CT molecular complexity index is 860. The van der Waals surface area contributed by atoms with Crippen molar-refractivity contribution in [3.05, 3.63) is 48.0 Å². The van der Waals surface area contributed by atoms with E-state index in [-0.39, 0.29) is 0 Å². The second-order valence-electron chi connectivity index (χ2n) is 5.92. The van der Waals surface area contributed by atoms with Crippen molar-refractivity contribution in [2.75, 3.05) is 13.1 Å². The highest BCUT2D eigenvalue weighted by atomic mass is 16.4. The van der Waals surface area contributed by atoms with Gasteiger partial charge in [0.1, 0.15) is 0 Å². The molecule has 4 heteroatoms. The van der Waals surface area contributed by atoms with Gasteiger partial charge < -0.3 is 9.67 Å². The van der Waals surface area contributed by atoms with Gasteiger partial charge in [-0.15, -0.1) is 0 Å². The molecule has 0 atom stereocenters. The average Bonchev–Trinajstić information content (AvgIpc) is 3.15. The van der Waals surface area contributed by atoms with Gasteiger partial charge in [-0.1, -0.05) is 30.3 Å². The molecule has 4 nitrogen and oxygen atoms in total. The van der Waals surface area contributed by atoms with Gasteiger partial charge in [0.15, 0.2) is 0 Å². The van der Waals surface area contributed by atoms with Crippen LogP contribution in [0.3, 0.4) is 0 Å². The molecule has 2 aromatic carbocycles. The maximum absolute atomic E-state index is 11.7.